The van der Waals surface area contributed by atoms with Crippen LogP contribution in [0.1, 0.15) is 20.1 Å². The molecule has 0 aliphatic rings. The summed E-state index contributed by atoms with van der Waals surface area (Å²) >= 11 is 1.62. The Morgan fingerprint density at radius 1 is 1.33 bits per heavy atom. The fourth-order valence-electron chi connectivity index (χ4n) is 2.32. The smallest absolute Gasteiger partial charge is 0.256 e. The van der Waals surface area contributed by atoms with Gasteiger partial charge in [0.15, 0.2) is 0 Å². The van der Waals surface area contributed by atoms with E-state index in [0.29, 0.717) is 24.6 Å². The SMILES string of the molecule is Cc1cc(C(=O)Nc2cccc(OCCn3cncn3)c2)c(C)s1. The molecule has 1 N–H and O–H groups in total. The second-order valence-electron chi connectivity index (χ2n) is 5.32. The van der Waals surface area contributed by atoms with Gasteiger partial charge in [-0.2, -0.15) is 5.10 Å². The van der Waals surface area contributed by atoms with Crippen molar-refractivity contribution in [3.63, 3.8) is 0 Å². The number of rotatable bonds is 6. The van der Waals surface area contributed by atoms with E-state index >= 15 is 0 Å². The van der Waals surface area contributed by atoms with Crippen LogP contribution in [0.3, 0.4) is 0 Å². The molecule has 124 valence electrons. The summed E-state index contributed by atoms with van der Waals surface area (Å²) in [6, 6.07) is 9.28. The fourth-order valence-corrected chi connectivity index (χ4v) is 3.24. The van der Waals surface area contributed by atoms with Crippen molar-refractivity contribution in [1.29, 1.82) is 0 Å². The maximum atomic E-state index is 12.4. The summed E-state index contributed by atoms with van der Waals surface area (Å²) in [5.41, 5.74) is 1.43. The van der Waals surface area contributed by atoms with Crippen molar-refractivity contribution in [2.45, 2.75) is 20.4 Å². The number of hydrogen-bond acceptors (Lipinski definition) is 5. The van der Waals surface area contributed by atoms with Gasteiger partial charge in [0.25, 0.3) is 5.91 Å². The van der Waals surface area contributed by atoms with Crippen LogP contribution < -0.4 is 10.1 Å². The number of aryl methyl sites for hydroxylation is 2. The highest BCUT2D eigenvalue weighted by Gasteiger charge is 2.12. The Labute approximate surface area is 144 Å². The molecule has 2 heterocycles. The van der Waals surface area contributed by atoms with Gasteiger partial charge < -0.3 is 10.1 Å². The van der Waals surface area contributed by atoms with E-state index in [1.54, 1.807) is 22.3 Å². The van der Waals surface area contributed by atoms with E-state index < -0.39 is 0 Å². The number of nitrogens with one attached hydrogen (secondary N) is 1. The second kappa shape index (κ2) is 7.27. The van der Waals surface area contributed by atoms with Gasteiger partial charge in [-0.3, -0.25) is 4.79 Å². The van der Waals surface area contributed by atoms with Crippen molar-refractivity contribution >= 4 is 22.9 Å². The quantitative estimate of drug-likeness (QED) is 0.746. The van der Waals surface area contributed by atoms with Crippen molar-refractivity contribution in [3.05, 3.63) is 58.3 Å². The molecule has 1 aromatic carbocycles. The van der Waals surface area contributed by atoms with Gasteiger partial charge in [-0.25, -0.2) is 9.67 Å². The highest BCUT2D eigenvalue weighted by atomic mass is 32.1. The maximum Gasteiger partial charge on any atom is 0.256 e. The lowest BCUT2D eigenvalue weighted by Gasteiger charge is -2.09. The number of aromatic nitrogens is 3. The van der Waals surface area contributed by atoms with Gasteiger partial charge in [-0.15, -0.1) is 11.3 Å². The zero-order valence-electron chi connectivity index (χ0n) is 13.5. The third-order valence-electron chi connectivity index (χ3n) is 3.43. The zero-order valence-corrected chi connectivity index (χ0v) is 14.3. The molecule has 0 atom stereocenters. The minimum atomic E-state index is -0.100. The third kappa shape index (κ3) is 3.99. The molecule has 3 rings (SSSR count). The van der Waals surface area contributed by atoms with Crippen molar-refractivity contribution < 1.29 is 9.53 Å². The van der Waals surface area contributed by atoms with E-state index in [1.807, 2.05) is 44.2 Å². The number of anilines is 1. The lowest BCUT2D eigenvalue weighted by molar-refractivity contribution is 0.102. The molecule has 24 heavy (non-hydrogen) atoms. The predicted molar refractivity (Wildman–Crippen MR) is 93.7 cm³/mol. The van der Waals surface area contributed by atoms with Gasteiger partial charge in [-0.1, -0.05) is 6.07 Å². The lowest BCUT2D eigenvalue weighted by atomic mass is 10.2. The van der Waals surface area contributed by atoms with E-state index in [-0.39, 0.29) is 5.91 Å². The second-order valence-corrected chi connectivity index (χ2v) is 6.78. The molecule has 0 bridgehead atoms. The normalized spacial score (nSPS) is 10.6. The van der Waals surface area contributed by atoms with E-state index in [4.69, 9.17) is 4.74 Å². The third-order valence-corrected chi connectivity index (χ3v) is 4.40. The minimum absolute atomic E-state index is 0.100. The molecule has 0 saturated carbocycles. The summed E-state index contributed by atoms with van der Waals surface area (Å²) in [5, 5.41) is 6.93. The molecule has 0 spiro atoms. The van der Waals surface area contributed by atoms with Gasteiger partial charge in [0, 0.05) is 21.5 Å². The standard InChI is InChI=1S/C17H18N4O2S/c1-12-8-16(13(2)24-12)17(22)20-14-4-3-5-15(9-14)23-7-6-21-11-18-10-19-21/h3-5,8-11H,6-7H2,1-2H3,(H,20,22). The van der Waals surface area contributed by atoms with Crippen LogP contribution in [0.25, 0.3) is 0 Å². The molecule has 3 aromatic rings. The van der Waals surface area contributed by atoms with Gasteiger partial charge in [0.1, 0.15) is 25.0 Å². The Bertz CT molecular complexity index is 827. The van der Waals surface area contributed by atoms with Crippen molar-refractivity contribution in [2.24, 2.45) is 0 Å². The molecule has 1 amide bonds. The number of nitrogens with zero attached hydrogens (tertiary/aromatic N) is 3. The minimum Gasteiger partial charge on any atom is -0.492 e. The topological polar surface area (TPSA) is 69.0 Å². The van der Waals surface area contributed by atoms with Crippen molar-refractivity contribution in [3.8, 4) is 5.75 Å². The molecule has 0 saturated heterocycles. The monoisotopic (exact) mass is 342 g/mol. The lowest BCUT2D eigenvalue weighted by Crippen LogP contribution is -2.12. The van der Waals surface area contributed by atoms with E-state index in [0.717, 1.165) is 15.3 Å². The first-order chi connectivity index (χ1) is 11.6. The molecular weight excluding hydrogens is 324 g/mol. The first kappa shape index (κ1) is 16.2. The molecule has 0 radical (unpaired) electrons. The molecule has 0 unspecified atom stereocenters. The first-order valence-electron chi connectivity index (χ1n) is 7.55. The molecule has 7 heteroatoms. The number of thiophene rings is 1. The van der Waals surface area contributed by atoms with Crippen molar-refractivity contribution in [2.75, 3.05) is 11.9 Å². The summed E-state index contributed by atoms with van der Waals surface area (Å²) in [6.07, 6.45) is 3.13. The van der Waals surface area contributed by atoms with Crippen LogP contribution in [0.5, 0.6) is 5.75 Å². The molecule has 6 nitrogen and oxygen atoms in total. The van der Waals surface area contributed by atoms with Crippen LogP contribution >= 0.6 is 11.3 Å². The van der Waals surface area contributed by atoms with Gasteiger partial charge in [-0.05, 0) is 32.0 Å². The highest BCUT2D eigenvalue weighted by Crippen LogP contribution is 2.23. The van der Waals surface area contributed by atoms with Crippen LogP contribution in [0.2, 0.25) is 0 Å². The van der Waals surface area contributed by atoms with Crippen LogP contribution in [0.4, 0.5) is 5.69 Å². The Morgan fingerprint density at radius 3 is 2.92 bits per heavy atom. The van der Waals surface area contributed by atoms with Gasteiger partial charge in [0.2, 0.25) is 0 Å². The fraction of sp³-hybridized carbons (Fsp3) is 0.235. The Balaban J connectivity index is 1.60. The van der Waals surface area contributed by atoms with Crippen LogP contribution in [0.15, 0.2) is 43.0 Å². The Morgan fingerprint density at radius 2 is 2.21 bits per heavy atom. The predicted octanol–water partition coefficient (Wildman–Crippen LogP) is 3.29. The summed E-state index contributed by atoms with van der Waals surface area (Å²) in [5.74, 6) is 0.600. The number of benzene rings is 1. The van der Waals surface area contributed by atoms with E-state index in [2.05, 4.69) is 15.4 Å². The van der Waals surface area contributed by atoms with E-state index in [9.17, 15) is 4.79 Å². The molecule has 0 fully saturated rings. The van der Waals surface area contributed by atoms with Crippen LogP contribution in [-0.2, 0) is 6.54 Å². The molecular formula is C17H18N4O2S. The van der Waals surface area contributed by atoms with Crippen molar-refractivity contribution in [1.82, 2.24) is 14.8 Å². The number of ether oxygens (including phenoxy) is 1. The Hall–Kier alpha value is -2.67. The largest absolute Gasteiger partial charge is 0.492 e. The number of amides is 1. The number of carbonyl (C=O) groups excluding carboxylic acids is 1. The van der Waals surface area contributed by atoms with Gasteiger partial charge in [0.05, 0.1) is 12.1 Å². The number of hydrogen-bond donors (Lipinski definition) is 1. The average molecular weight is 342 g/mol. The first-order valence-corrected chi connectivity index (χ1v) is 8.37. The van der Waals surface area contributed by atoms with Gasteiger partial charge >= 0.3 is 0 Å². The Kier molecular flexibility index (Phi) is 4.90. The molecule has 0 aliphatic heterocycles. The van der Waals surface area contributed by atoms with Crippen LogP contribution in [-0.4, -0.2) is 27.3 Å². The summed E-state index contributed by atoms with van der Waals surface area (Å²) in [6.45, 7) is 5.04. The summed E-state index contributed by atoms with van der Waals surface area (Å²) in [4.78, 5) is 18.4. The summed E-state index contributed by atoms with van der Waals surface area (Å²) < 4.78 is 7.40. The highest BCUT2D eigenvalue weighted by molar-refractivity contribution is 7.12. The van der Waals surface area contributed by atoms with Crippen LogP contribution in [0, 0.1) is 13.8 Å². The van der Waals surface area contributed by atoms with E-state index in [1.165, 1.54) is 6.33 Å². The summed E-state index contributed by atoms with van der Waals surface area (Å²) in [7, 11) is 0. The molecule has 2 aromatic heterocycles. The number of carbonyl (C=O) groups is 1. The zero-order chi connectivity index (χ0) is 16.9. The maximum absolute atomic E-state index is 12.4. The molecule has 0 aliphatic carbocycles. The average Bonchev–Trinajstić information content (AvgIpc) is 3.17.